The molecule has 0 aliphatic carbocycles. The number of ether oxygens (including phenoxy) is 1. The number of carbonyl (C=O) groups excluding carboxylic acids is 1. The van der Waals surface area contributed by atoms with Gasteiger partial charge in [0.05, 0.1) is 24.4 Å². The Bertz CT molecular complexity index is 566. The number of carbonyl (C=O) groups is 1. The highest BCUT2D eigenvalue weighted by Gasteiger charge is 2.35. The van der Waals surface area contributed by atoms with Gasteiger partial charge in [-0.1, -0.05) is 0 Å². The molecule has 3 aliphatic rings. The zero-order valence-corrected chi connectivity index (χ0v) is 11.9. The molecule has 1 aromatic heterocycles. The number of hydrogen-bond acceptors (Lipinski definition) is 5. The number of anilines is 1. The van der Waals surface area contributed by atoms with Crippen LogP contribution >= 0.6 is 0 Å². The van der Waals surface area contributed by atoms with E-state index in [1.165, 1.54) is 0 Å². The Morgan fingerprint density at radius 3 is 2.81 bits per heavy atom. The minimum atomic E-state index is -0.384. The van der Waals surface area contributed by atoms with E-state index in [4.69, 9.17) is 10.5 Å². The van der Waals surface area contributed by atoms with E-state index in [-0.39, 0.29) is 6.03 Å². The molecule has 0 radical (unpaired) electrons. The molecule has 7 heteroatoms. The summed E-state index contributed by atoms with van der Waals surface area (Å²) in [6, 6.07) is -0.384. The highest BCUT2D eigenvalue weighted by Crippen LogP contribution is 2.28. The standard InChI is InChI=1S/C14H19N5O2/c15-13(20)18-4-3-9-5-16-14(17-12(9)8-18)19-6-10-1-2-11(7-19)21-10/h5,10-11H,1-4,6-8H2,(H2,15,20). The fraction of sp³-hybridized carbons (Fsp3) is 0.643. The smallest absolute Gasteiger partial charge is 0.315 e. The van der Waals surface area contributed by atoms with Crippen LogP contribution < -0.4 is 10.6 Å². The van der Waals surface area contributed by atoms with Gasteiger partial charge in [-0.25, -0.2) is 14.8 Å². The van der Waals surface area contributed by atoms with Gasteiger partial charge in [0.2, 0.25) is 5.95 Å². The predicted molar refractivity (Wildman–Crippen MR) is 75.8 cm³/mol. The summed E-state index contributed by atoms with van der Waals surface area (Å²) in [5, 5.41) is 0. The van der Waals surface area contributed by atoms with Crippen LogP contribution in [0.3, 0.4) is 0 Å². The van der Waals surface area contributed by atoms with E-state index in [9.17, 15) is 4.79 Å². The number of fused-ring (bicyclic) bond motifs is 3. The van der Waals surface area contributed by atoms with Gasteiger partial charge < -0.3 is 20.3 Å². The molecular formula is C14H19N5O2. The minimum absolute atomic E-state index is 0.311. The van der Waals surface area contributed by atoms with Crippen LogP contribution in [0.2, 0.25) is 0 Å². The third-order valence-corrected chi connectivity index (χ3v) is 4.57. The molecule has 2 atom stereocenters. The lowest BCUT2D eigenvalue weighted by atomic mass is 10.1. The summed E-state index contributed by atoms with van der Waals surface area (Å²) < 4.78 is 5.84. The molecule has 7 nitrogen and oxygen atoms in total. The lowest BCUT2D eigenvalue weighted by Crippen LogP contribution is -2.44. The van der Waals surface area contributed by atoms with Gasteiger partial charge in [-0.05, 0) is 24.8 Å². The monoisotopic (exact) mass is 289 g/mol. The van der Waals surface area contributed by atoms with Gasteiger partial charge in [0, 0.05) is 25.8 Å². The normalized spacial score (nSPS) is 27.6. The number of morpholine rings is 1. The number of nitrogens with zero attached hydrogens (tertiary/aromatic N) is 4. The average Bonchev–Trinajstić information content (AvgIpc) is 2.84. The quantitative estimate of drug-likeness (QED) is 0.803. The van der Waals surface area contributed by atoms with Crippen molar-refractivity contribution in [2.45, 2.75) is 38.0 Å². The predicted octanol–water partition coefficient (Wildman–Crippen LogP) is 0.281. The molecular weight excluding hydrogens is 270 g/mol. The van der Waals surface area contributed by atoms with Gasteiger partial charge in [-0.15, -0.1) is 0 Å². The van der Waals surface area contributed by atoms with Crippen molar-refractivity contribution in [3.63, 3.8) is 0 Å². The van der Waals surface area contributed by atoms with E-state index >= 15 is 0 Å². The fourth-order valence-electron chi connectivity index (χ4n) is 3.41. The molecule has 2 unspecified atom stereocenters. The van der Waals surface area contributed by atoms with Gasteiger partial charge >= 0.3 is 6.03 Å². The molecule has 1 aromatic rings. The molecule has 2 amide bonds. The average molecular weight is 289 g/mol. The summed E-state index contributed by atoms with van der Waals surface area (Å²) in [5.41, 5.74) is 7.40. The van der Waals surface area contributed by atoms with E-state index in [0.717, 1.165) is 49.6 Å². The Morgan fingerprint density at radius 1 is 1.33 bits per heavy atom. The summed E-state index contributed by atoms with van der Waals surface area (Å²) in [5.74, 6) is 0.750. The molecule has 4 heterocycles. The van der Waals surface area contributed by atoms with Crippen LogP contribution in [0.1, 0.15) is 24.1 Å². The Hall–Kier alpha value is -1.89. The number of urea groups is 1. The maximum atomic E-state index is 11.3. The van der Waals surface area contributed by atoms with Crippen LogP contribution in [-0.2, 0) is 17.7 Å². The van der Waals surface area contributed by atoms with Crippen LogP contribution in [0.5, 0.6) is 0 Å². The van der Waals surface area contributed by atoms with Gasteiger partial charge in [0.15, 0.2) is 0 Å². The summed E-state index contributed by atoms with van der Waals surface area (Å²) in [6.07, 6.45) is 5.54. The topological polar surface area (TPSA) is 84.6 Å². The summed E-state index contributed by atoms with van der Waals surface area (Å²) >= 11 is 0. The van der Waals surface area contributed by atoms with E-state index < -0.39 is 0 Å². The van der Waals surface area contributed by atoms with Crippen LogP contribution in [0, 0.1) is 0 Å². The number of amides is 2. The Kier molecular flexibility index (Phi) is 2.95. The first-order valence-corrected chi connectivity index (χ1v) is 7.48. The Morgan fingerprint density at radius 2 is 2.10 bits per heavy atom. The van der Waals surface area contributed by atoms with Crippen molar-refractivity contribution in [3.05, 3.63) is 17.5 Å². The van der Waals surface area contributed by atoms with E-state index in [1.54, 1.807) is 4.90 Å². The lowest BCUT2D eigenvalue weighted by Gasteiger charge is -2.33. The van der Waals surface area contributed by atoms with Gasteiger partial charge in [0.25, 0.3) is 0 Å². The second kappa shape index (κ2) is 4.84. The molecule has 2 N–H and O–H groups in total. The molecule has 2 saturated heterocycles. The fourth-order valence-corrected chi connectivity index (χ4v) is 3.41. The second-order valence-electron chi connectivity index (χ2n) is 6.01. The number of aromatic nitrogens is 2. The molecule has 0 spiro atoms. The van der Waals surface area contributed by atoms with Crippen molar-refractivity contribution in [1.82, 2.24) is 14.9 Å². The lowest BCUT2D eigenvalue weighted by molar-refractivity contribution is 0.0299. The Balaban J connectivity index is 1.57. The number of nitrogens with two attached hydrogens (primary N) is 1. The second-order valence-corrected chi connectivity index (χ2v) is 6.01. The SMILES string of the molecule is NC(=O)N1CCc2cnc(N3CC4CCC(C3)O4)nc2C1. The maximum Gasteiger partial charge on any atom is 0.315 e. The van der Waals surface area contributed by atoms with Gasteiger partial charge in [-0.2, -0.15) is 0 Å². The van der Waals surface area contributed by atoms with Gasteiger partial charge in [0.1, 0.15) is 0 Å². The van der Waals surface area contributed by atoms with Crippen molar-refractivity contribution in [3.8, 4) is 0 Å². The van der Waals surface area contributed by atoms with Crippen molar-refractivity contribution >= 4 is 12.0 Å². The third kappa shape index (κ3) is 2.31. The third-order valence-electron chi connectivity index (χ3n) is 4.57. The largest absolute Gasteiger partial charge is 0.371 e. The molecule has 112 valence electrons. The molecule has 0 saturated carbocycles. The van der Waals surface area contributed by atoms with Crippen molar-refractivity contribution in [2.75, 3.05) is 24.5 Å². The zero-order chi connectivity index (χ0) is 14.4. The highest BCUT2D eigenvalue weighted by atomic mass is 16.5. The maximum absolute atomic E-state index is 11.3. The molecule has 3 aliphatic heterocycles. The van der Waals surface area contributed by atoms with Crippen LogP contribution in [0.4, 0.5) is 10.7 Å². The molecule has 4 rings (SSSR count). The van der Waals surface area contributed by atoms with Crippen LogP contribution in [0.25, 0.3) is 0 Å². The highest BCUT2D eigenvalue weighted by molar-refractivity contribution is 5.72. The molecule has 0 aromatic carbocycles. The first kappa shape index (κ1) is 12.8. The van der Waals surface area contributed by atoms with E-state index in [1.807, 2.05) is 6.20 Å². The molecule has 2 bridgehead atoms. The first-order chi connectivity index (χ1) is 10.2. The van der Waals surface area contributed by atoms with Crippen LogP contribution in [0.15, 0.2) is 6.20 Å². The number of primary amides is 1. The molecule has 2 fully saturated rings. The summed E-state index contributed by atoms with van der Waals surface area (Å²) in [7, 11) is 0. The zero-order valence-electron chi connectivity index (χ0n) is 11.9. The van der Waals surface area contributed by atoms with Crippen molar-refractivity contribution in [2.24, 2.45) is 5.73 Å². The minimum Gasteiger partial charge on any atom is -0.371 e. The van der Waals surface area contributed by atoms with Crippen molar-refractivity contribution in [1.29, 1.82) is 0 Å². The summed E-state index contributed by atoms with van der Waals surface area (Å²) in [4.78, 5) is 24.3. The number of rotatable bonds is 1. The van der Waals surface area contributed by atoms with E-state index in [2.05, 4.69) is 14.9 Å². The van der Waals surface area contributed by atoms with E-state index in [0.29, 0.717) is 25.3 Å². The Labute approximate surface area is 123 Å². The summed E-state index contributed by atoms with van der Waals surface area (Å²) in [6.45, 7) is 2.84. The van der Waals surface area contributed by atoms with Crippen LogP contribution in [-0.4, -0.2) is 52.7 Å². The van der Waals surface area contributed by atoms with Gasteiger partial charge in [-0.3, -0.25) is 0 Å². The number of hydrogen-bond donors (Lipinski definition) is 1. The van der Waals surface area contributed by atoms with Crippen molar-refractivity contribution < 1.29 is 9.53 Å². The first-order valence-electron chi connectivity index (χ1n) is 7.48. The molecule has 21 heavy (non-hydrogen) atoms.